The highest BCUT2D eigenvalue weighted by molar-refractivity contribution is 7.99. The molecular weight excluding hydrogens is 253 g/mol. The van der Waals surface area contributed by atoms with Gasteiger partial charge in [-0.3, -0.25) is 0 Å². The minimum atomic E-state index is -0.112. The molecule has 17 heavy (non-hydrogen) atoms. The smallest absolute Gasteiger partial charge is 0.123 e. The number of hydrogen-bond donors (Lipinski definition) is 1. The molecule has 1 aromatic rings. The van der Waals surface area contributed by atoms with E-state index < -0.39 is 0 Å². The van der Waals surface area contributed by atoms with Gasteiger partial charge in [-0.15, -0.1) is 11.8 Å². The van der Waals surface area contributed by atoms with Gasteiger partial charge in [-0.25, -0.2) is 4.39 Å². The van der Waals surface area contributed by atoms with Crippen LogP contribution in [0.1, 0.15) is 24.4 Å². The lowest BCUT2D eigenvalue weighted by atomic mass is 10.0. The van der Waals surface area contributed by atoms with Gasteiger partial charge in [-0.2, -0.15) is 11.8 Å². The molecule has 1 fully saturated rings. The molecule has 0 aromatic heterocycles. The Morgan fingerprint density at radius 3 is 3.00 bits per heavy atom. The van der Waals surface area contributed by atoms with Crippen molar-refractivity contribution in [2.24, 2.45) is 0 Å². The fourth-order valence-electron chi connectivity index (χ4n) is 2.49. The maximum absolute atomic E-state index is 13.3. The van der Waals surface area contributed by atoms with Crippen molar-refractivity contribution >= 4 is 23.5 Å². The number of hydrogen-bond acceptors (Lipinski definition) is 3. The summed E-state index contributed by atoms with van der Waals surface area (Å²) in [6.45, 7) is 0. The predicted octanol–water partition coefficient (Wildman–Crippen LogP) is 3.46. The van der Waals surface area contributed by atoms with E-state index in [1.165, 1.54) is 22.8 Å². The molecule has 3 rings (SSSR count). The Morgan fingerprint density at radius 2 is 2.18 bits per heavy atom. The lowest BCUT2D eigenvalue weighted by Gasteiger charge is -2.28. The highest BCUT2D eigenvalue weighted by Gasteiger charge is 2.25. The van der Waals surface area contributed by atoms with Gasteiger partial charge < -0.3 is 5.32 Å². The molecule has 0 amide bonds. The third-order valence-corrected chi connectivity index (χ3v) is 5.66. The molecule has 0 bridgehead atoms. The molecule has 0 spiro atoms. The number of benzene rings is 1. The van der Waals surface area contributed by atoms with E-state index >= 15 is 0 Å². The highest BCUT2D eigenvalue weighted by Crippen LogP contribution is 2.37. The summed E-state index contributed by atoms with van der Waals surface area (Å²) in [6.07, 6.45) is 2.36. The van der Waals surface area contributed by atoms with Crippen LogP contribution in [-0.4, -0.2) is 23.3 Å². The van der Waals surface area contributed by atoms with Crippen LogP contribution in [0.3, 0.4) is 0 Å². The standard InChI is InChI=1S/C13H16FNS2/c14-9-1-2-13-11(7-9)12(4-6-17-13)15-10-3-5-16-8-10/h1-2,7,10,12,15H,3-6,8H2. The molecule has 0 aliphatic carbocycles. The van der Waals surface area contributed by atoms with Crippen molar-refractivity contribution in [1.29, 1.82) is 0 Å². The van der Waals surface area contributed by atoms with Gasteiger partial charge in [-0.05, 0) is 48.1 Å². The van der Waals surface area contributed by atoms with Crippen molar-refractivity contribution in [2.45, 2.75) is 29.8 Å². The Bertz CT molecular complexity index is 404. The van der Waals surface area contributed by atoms with Gasteiger partial charge in [0.15, 0.2) is 0 Å². The van der Waals surface area contributed by atoms with Crippen LogP contribution in [0.5, 0.6) is 0 Å². The molecule has 2 unspecified atom stereocenters. The van der Waals surface area contributed by atoms with Gasteiger partial charge in [0.05, 0.1) is 0 Å². The fraction of sp³-hybridized carbons (Fsp3) is 0.538. The van der Waals surface area contributed by atoms with Crippen LogP contribution in [0, 0.1) is 5.82 Å². The number of halogens is 1. The van der Waals surface area contributed by atoms with E-state index in [1.54, 1.807) is 12.1 Å². The van der Waals surface area contributed by atoms with Crippen LogP contribution in [0.15, 0.2) is 23.1 Å². The lowest BCUT2D eigenvalue weighted by Crippen LogP contribution is -2.34. The zero-order valence-corrected chi connectivity index (χ0v) is 11.2. The molecule has 1 nitrogen and oxygen atoms in total. The van der Waals surface area contributed by atoms with Crippen molar-refractivity contribution in [2.75, 3.05) is 17.3 Å². The number of nitrogens with one attached hydrogen (secondary N) is 1. The van der Waals surface area contributed by atoms with E-state index in [0.717, 1.165) is 17.7 Å². The van der Waals surface area contributed by atoms with Gasteiger partial charge in [0, 0.05) is 22.7 Å². The van der Waals surface area contributed by atoms with Crippen LogP contribution in [-0.2, 0) is 0 Å². The summed E-state index contributed by atoms with van der Waals surface area (Å²) >= 11 is 3.86. The Kier molecular flexibility index (Phi) is 3.64. The third kappa shape index (κ3) is 2.64. The molecule has 2 aliphatic rings. The first-order valence-electron chi connectivity index (χ1n) is 6.09. The second-order valence-electron chi connectivity index (χ2n) is 4.60. The first kappa shape index (κ1) is 11.9. The van der Waals surface area contributed by atoms with E-state index in [0.29, 0.717) is 12.1 Å². The summed E-state index contributed by atoms with van der Waals surface area (Å²) in [5.74, 6) is 3.48. The normalized spacial score (nSPS) is 28.1. The average Bonchev–Trinajstić information content (AvgIpc) is 2.83. The highest BCUT2D eigenvalue weighted by atomic mass is 32.2. The Hall–Kier alpha value is -0.190. The second kappa shape index (κ2) is 5.21. The van der Waals surface area contributed by atoms with Gasteiger partial charge in [-0.1, -0.05) is 0 Å². The van der Waals surface area contributed by atoms with E-state index in [1.807, 2.05) is 29.6 Å². The molecule has 2 aliphatic heterocycles. The third-order valence-electron chi connectivity index (χ3n) is 3.38. The topological polar surface area (TPSA) is 12.0 Å². The van der Waals surface area contributed by atoms with Crippen molar-refractivity contribution in [3.8, 4) is 0 Å². The van der Waals surface area contributed by atoms with E-state index in [2.05, 4.69) is 5.32 Å². The molecule has 0 radical (unpaired) electrons. The Morgan fingerprint density at radius 1 is 1.24 bits per heavy atom. The maximum Gasteiger partial charge on any atom is 0.123 e. The minimum absolute atomic E-state index is 0.112. The van der Waals surface area contributed by atoms with Crippen molar-refractivity contribution in [3.63, 3.8) is 0 Å². The molecular formula is C13H16FNS2. The molecule has 4 heteroatoms. The van der Waals surface area contributed by atoms with Gasteiger partial charge in [0.25, 0.3) is 0 Å². The Labute approximate surface area is 110 Å². The van der Waals surface area contributed by atoms with Crippen LogP contribution >= 0.6 is 23.5 Å². The molecule has 2 heterocycles. The summed E-state index contributed by atoms with van der Waals surface area (Å²) in [5, 5.41) is 3.70. The molecule has 92 valence electrons. The average molecular weight is 269 g/mol. The van der Waals surface area contributed by atoms with Gasteiger partial charge in [0.2, 0.25) is 0 Å². The predicted molar refractivity (Wildman–Crippen MR) is 73.3 cm³/mol. The number of fused-ring (bicyclic) bond motifs is 1. The lowest BCUT2D eigenvalue weighted by molar-refractivity contribution is 0.442. The van der Waals surface area contributed by atoms with E-state index in [-0.39, 0.29) is 5.82 Å². The zero-order chi connectivity index (χ0) is 11.7. The molecule has 0 saturated carbocycles. The van der Waals surface area contributed by atoms with Crippen LogP contribution < -0.4 is 5.32 Å². The summed E-state index contributed by atoms with van der Waals surface area (Å²) in [4.78, 5) is 1.25. The fourth-order valence-corrected chi connectivity index (χ4v) is 4.76. The summed E-state index contributed by atoms with van der Waals surface area (Å²) in [5.41, 5.74) is 1.16. The Balaban J connectivity index is 1.80. The van der Waals surface area contributed by atoms with E-state index in [4.69, 9.17) is 0 Å². The van der Waals surface area contributed by atoms with Gasteiger partial charge >= 0.3 is 0 Å². The number of thioether (sulfide) groups is 2. The van der Waals surface area contributed by atoms with Gasteiger partial charge in [0.1, 0.15) is 5.82 Å². The van der Waals surface area contributed by atoms with Crippen LogP contribution in [0.4, 0.5) is 4.39 Å². The maximum atomic E-state index is 13.3. The van der Waals surface area contributed by atoms with Crippen LogP contribution in [0.2, 0.25) is 0 Å². The van der Waals surface area contributed by atoms with Crippen molar-refractivity contribution in [1.82, 2.24) is 5.32 Å². The number of rotatable bonds is 2. The monoisotopic (exact) mass is 269 g/mol. The molecule has 1 aromatic carbocycles. The summed E-state index contributed by atoms with van der Waals surface area (Å²) < 4.78 is 13.3. The second-order valence-corrected chi connectivity index (χ2v) is 6.89. The quantitative estimate of drug-likeness (QED) is 0.883. The first-order valence-corrected chi connectivity index (χ1v) is 8.23. The SMILES string of the molecule is Fc1ccc2c(c1)C(NC1CCSC1)CCS2. The summed E-state index contributed by atoms with van der Waals surface area (Å²) in [6, 6.07) is 6.17. The molecule has 2 atom stereocenters. The molecule has 1 saturated heterocycles. The summed E-state index contributed by atoms with van der Waals surface area (Å²) in [7, 11) is 0. The first-order chi connectivity index (χ1) is 8.33. The van der Waals surface area contributed by atoms with Crippen molar-refractivity contribution < 1.29 is 4.39 Å². The van der Waals surface area contributed by atoms with Crippen LogP contribution in [0.25, 0.3) is 0 Å². The minimum Gasteiger partial charge on any atom is -0.306 e. The molecule has 1 N–H and O–H groups in total. The largest absolute Gasteiger partial charge is 0.306 e. The zero-order valence-electron chi connectivity index (χ0n) is 9.62. The van der Waals surface area contributed by atoms with Crippen molar-refractivity contribution in [3.05, 3.63) is 29.6 Å². The van der Waals surface area contributed by atoms with E-state index in [9.17, 15) is 4.39 Å².